The van der Waals surface area contributed by atoms with Crippen LogP contribution in [0.5, 0.6) is 0 Å². The van der Waals surface area contributed by atoms with E-state index in [9.17, 15) is 9.59 Å². The average molecular weight is 412 g/mol. The summed E-state index contributed by atoms with van der Waals surface area (Å²) in [7, 11) is 0. The van der Waals surface area contributed by atoms with Gasteiger partial charge in [0.05, 0.1) is 28.8 Å². The third-order valence-corrected chi connectivity index (χ3v) is 5.41. The van der Waals surface area contributed by atoms with Gasteiger partial charge in [0.15, 0.2) is 0 Å². The molecular formula is C21H22ClN5O2. The number of rotatable bonds is 4. The number of halogens is 1. The number of hydrogen-bond acceptors (Lipinski definition) is 4. The number of imidazole rings is 1. The molecule has 0 spiro atoms. The summed E-state index contributed by atoms with van der Waals surface area (Å²) in [6.45, 7) is 5.29. The number of benzene rings is 1. The minimum atomic E-state index is -0.110. The molecule has 29 heavy (non-hydrogen) atoms. The molecule has 8 heteroatoms. The maximum absolute atomic E-state index is 12.8. The minimum Gasteiger partial charge on any atom is -0.336 e. The fourth-order valence-electron chi connectivity index (χ4n) is 3.52. The van der Waals surface area contributed by atoms with Crippen molar-refractivity contribution in [1.82, 2.24) is 24.2 Å². The number of amides is 1. The number of aromatic nitrogens is 3. The molecule has 0 radical (unpaired) electrons. The highest BCUT2D eigenvalue weighted by atomic mass is 35.5. The largest absolute Gasteiger partial charge is 0.336 e. The first-order chi connectivity index (χ1) is 14.1. The lowest BCUT2D eigenvalue weighted by Gasteiger charge is -2.27. The van der Waals surface area contributed by atoms with E-state index in [0.29, 0.717) is 35.7 Å². The molecule has 0 saturated carbocycles. The van der Waals surface area contributed by atoms with Gasteiger partial charge >= 0.3 is 0 Å². The Bertz CT molecular complexity index is 1140. The smallest absolute Gasteiger partial charge is 0.276 e. The van der Waals surface area contributed by atoms with E-state index >= 15 is 0 Å². The highest BCUT2D eigenvalue weighted by Gasteiger charge is 2.21. The number of fused-ring (bicyclic) bond motifs is 1. The number of carbonyl (C=O) groups is 1. The van der Waals surface area contributed by atoms with E-state index in [0.717, 1.165) is 24.3 Å². The van der Waals surface area contributed by atoms with Gasteiger partial charge in [0, 0.05) is 44.5 Å². The molecule has 0 atom stereocenters. The summed E-state index contributed by atoms with van der Waals surface area (Å²) in [6, 6.07) is 5.39. The van der Waals surface area contributed by atoms with Crippen LogP contribution in [0.3, 0.4) is 0 Å². The summed E-state index contributed by atoms with van der Waals surface area (Å²) in [6.07, 6.45) is 8.78. The van der Waals surface area contributed by atoms with E-state index in [1.807, 2.05) is 30.0 Å². The van der Waals surface area contributed by atoms with Crippen LogP contribution in [0.4, 0.5) is 0 Å². The average Bonchev–Trinajstić information content (AvgIpc) is 3.24. The van der Waals surface area contributed by atoms with Gasteiger partial charge in [-0.2, -0.15) is 0 Å². The number of allylic oxidation sites excluding steroid dienone is 2. The molecule has 1 N–H and O–H groups in total. The Morgan fingerprint density at radius 2 is 2.10 bits per heavy atom. The lowest BCUT2D eigenvalue weighted by molar-refractivity contribution is 0.0736. The Morgan fingerprint density at radius 1 is 1.31 bits per heavy atom. The van der Waals surface area contributed by atoms with Gasteiger partial charge in [-0.25, -0.2) is 4.98 Å². The van der Waals surface area contributed by atoms with Crippen molar-refractivity contribution in [3.8, 4) is 11.3 Å². The molecule has 0 bridgehead atoms. The molecule has 2 aromatic heterocycles. The van der Waals surface area contributed by atoms with Crippen LogP contribution in [-0.2, 0) is 6.54 Å². The third kappa shape index (κ3) is 3.71. The van der Waals surface area contributed by atoms with Gasteiger partial charge in [-0.05, 0) is 19.1 Å². The predicted molar refractivity (Wildman–Crippen MR) is 113 cm³/mol. The van der Waals surface area contributed by atoms with Crippen molar-refractivity contribution in [3.05, 3.63) is 70.0 Å². The molecule has 150 valence electrons. The maximum atomic E-state index is 12.8. The zero-order valence-electron chi connectivity index (χ0n) is 16.1. The fourth-order valence-corrected chi connectivity index (χ4v) is 3.78. The fraction of sp³-hybridized carbons (Fsp3) is 0.286. The summed E-state index contributed by atoms with van der Waals surface area (Å²) in [5, 5.41) is 3.63. The van der Waals surface area contributed by atoms with Crippen LogP contribution in [0.2, 0.25) is 5.02 Å². The molecule has 1 aromatic carbocycles. The zero-order chi connectivity index (χ0) is 20.4. The standard InChI is InChI=1S/C21H22ClN5O2/c1-2-3-8-26-13-19(27-14-24-12-18(27)21(26)29)15-4-5-16(17(22)11-15)20(28)25-9-6-23-7-10-25/h2-5,11-14,23H,6-10H2,1H3/b3-2+. The molecule has 0 aliphatic carbocycles. The van der Waals surface area contributed by atoms with Crippen LogP contribution in [0.15, 0.2) is 53.9 Å². The van der Waals surface area contributed by atoms with E-state index in [4.69, 9.17) is 11.6 Å². The van der Waals surface area contributed by atoms with Gasteiger partial charge in [-0.15, -0.1) is 0 Å². The number of hydrogen-bond donors (Lipinski definition) is 1. The number of piperazine rings is 1. The Morgan fingerprint density at radius 3 is 2.83 bits per heavy atom. The predicted octanol–water partition coefficient (Wildman–Crippen LogP) is 2.44. The van der Waals surface area contributed by atoms with Crippen molar-refractivity contribution in [2.24, 2.45) is 0 Å². The normalized spacial score (nSPS) is 14.8. The summed E-state index contributed by atoms with van der Waals surface area (Å²) in [5.74, 6) is -0.0612. The molecule has 7 nitrogen and oxygen atoms in total. The second kappa shape index (κ2) is 8.23. The van der Waals surface area contributed by atoms with E-state index in [2.05, 4.69) is 10.3 Å². The Labute approximate surface area is 173 Å². The van der Waals surface area contributed by atoms with Crippen LogP contribution in [0.1, 0.15) is 17.3 Å². The molecular weight excluding hydrogens is 390 g/mol. The molecule has 3 heterocycles. The first-order valence-corrected chi connectivity index (χ1v) is 9.94. The van der Waals surface area contributed by atoms with Crippen molar-refractivity contribution in [2.45, 2.75) is 13.5 Å². The van der Waals surface area contributed by atoms with Crippen molar-refractivity contribution < 1.29 is 4.79 Å². The number of carbonyl (C=O) groups excluding carboxylic acids is 1. The third-order valence-electron chi connectivity index (χ3n) is 5.09. The zero-order valence-corrected chi connectivity index (χ0v) is 16.9. The van der Waals surface area contributed by atoms with Crippen LogP contribution >= 0.6 is 11.6 Å². The second-order valence-corrected chi connectivity index (χ2v) is 7.33. The molecule has 1 saturated heterocycles. The van der Waals surface area contributed by atoms with Crippen molar-refractivity contribution in [3.63, 3.8) is 0 Å². The second-order valence-electron chi connectivity index (χ2n) is 6.93. The molecule has 1 amide bonds. The summed E-state index contributed by atoms with van der Waals surface area (Å²) in [4.78, 5) is 31.4. The van der Waals surface area contributed by atoms with E-state index in [1.165, 1.54) is 0 Å². The quantitative estimate of drug-likeness (QED) is 0.669. The van der Waals surface area contributed by atoms with Gasteiger partial charge in [-0.3, -0.25) is 14.0 Å². The van der Waals surface area contributed by atoms with Gasteiger partial charge in [-0.1, -0.05) is 29.8 Å². The highest BCUT2D eigenvalue weighted by Crippen LogP contribution is 2.27. The monoisotopic (exact) mass is 411 g/mol. The molecule has 1 aliphatic rings. The molecule has 3 aromatic rings. The van der Waals surface area contributed by atoms with Crippen LogP contribution < -0.4 is 10.9 Å². The van der Waals surface area contributed by atoms with Crippen molar-refractivity contribution in [2.75, 3.05) is 26.2 Å². The number of nitrogens with one attached hydrogen (secondary N) is 1. The lowest BCUT2D eigenvalue weighted by atomic mass is 10.1. The minimum absolute atomic E-state index is 0.0612. The molecule has 1 fully saturated rings. The number of nitrogens with zero attached hydrogens (tertiary/aromatic N) is 4. The molecule has 0 unspecified atom stereocenters. The first kappa shape index (κ1) is 19.4. The topological polar surface area (TPSA) is 71.6 Å². The van der Waals surface area contributed by atoms with Gasteiger partial charge in [0.1, 0.15) is 5.52 Å². The molecule has 1 aliphatic heterocycles. The van der Waals surface area contributed by atoms with Crippen LogP contribution in [0, 0.1) is 0 Å². The Hall–Kier alpha value is -2.90. The van der Waals surface area contributed by atoms with Crippen LogP contribution in [-0.4, -0.2) is 50.9 Å². The van der Waals surface area contributed by atoms with Gasteiger partial charge in [0.2, 0.25) is 0 Å². The van der Waals surface area contributed by atoms with Crippen LogP contribution in [0.25, 0.3) is 16.8 Å². The van der Waals surface area contributed by atoms with E-state index < -0.39 is 0 Å². The lowest BCUT2D eigenvalue weighted by Crippen LogP contribution is -2.46. The first-order valence-electron chi connectivity index (χ1n) is 9.56. The summed E-state index contributed by atoms with van der Waals surface area (Å²) in [5.41, 5.74) is 2.46. The SMILES string of the molecule is C/C=C/Cn1cc(-c2ccc(C(=O)N3CCNCC3)c(Cl)c2)n2cncc2c1=O. The van der Waals surface area contributed by atoms with Crippen molar-refractivity contribution >= 4 is 23.0 Å². The van der Waals surface area contributed by atoms with Crippen molar-refractivity contribution in [1.29, 1.82) is 0 Å². The van der Waals surface area contributed by atoms with Gasteiger partial charge < -0.3 is 14.8 Å². The summed E-state index contributed by atoms with van der Waals surface area (Å²) >= 11 is 6.51. The van der Waals surface area contributed by atoms with Gasteiger partial charge in [0.25, 0.3) is 11.5 Å². The maximum Gasteiger partial charge on any atom is 0.276 e. The van der Waals surface area contributed by atoms with E-state index in [-0.39, 0.29) is 11.5 Å². The highest BCUT2D eigenvalue weighted by molar-refractivity contribution is 6.34. The Balaban J connectivity index is 1.75. The summed E-state index contributed by atoms with van der Waals surface area (Å²) < 4.78 is 3.39. The van der Waals surface area contributed by atoms with E-state index in [1.54, 1.807) is 39.8 Å². The molecule has 4 rings (SSSR count). The Kier molecular flexibility index (Phi) is 5.51.